The second-order valence-electron chi connectivity index (χ2n) is 10.8. The third-order valence-corrected chi connectivity index (χ3v) is 9.66. The SMILES string of the molecule is Cc1ccc2c(N(Cl)S(=O)(=O)Cc3ccccc3F)c(F)ccc2c1Oc1ncccc1-c1ccnc(N[C@H]2CNC[C@H](F)C2)n1. The van der Waals surface area contributed by atoms with Gasteiger partial charge in [-0.05, 0) is 48.9 Å². The van der Waals surface area contributed by atoms with Crippen LogP contribution >= 0.6 is 11.8 Å². The molecule has 9 nitrogen and oxygen atoms in total. The van der Waals surface area contributed by atoms with Gasteiger partial charge in [-0.25, -0.2) is 36.5 Å². The van der Waals surface area contributed by atoms with Crippen LogP contribution < -0.4 is 19.2 Å². The van der Waals surface area contributed by atoms with Crippen molar-refractivity contribution in [1.82, 2.24) is 20.3 Å². The number of fused-ring (bicyclic) bond motifs is 1. The van der Waals surface area contributed by atoms with Crippen molar-refractivity contribution in [3.63, 3.8) is 0 Å². The summed E-state index contributed by atoms with van der Waals surface area (Å²) in [5.41, 5.74) is 1.11. The minimum absolute atomic E-state index is 0.110. The Morgan fingerprint density at radius 1 is 0.978 bits per heavy atom. The summed E-state index contributed by atoms with van der Waals surface area (Å²) in [5.74, 6) is -1.64. The van der Waals surface area contributed by atoms with E-state index in [1.807, 2.05) is 0 Å². The van der Waals surface area contributed by atoms with E-state index in [0.717, 1.165) is 12.1 Å². The van der Waals surface area contributed by atoms with Gasteiger partial charge < -0.3 is 15.4 Å². The Bertz CT molecular complexity index is 2020. The van der Waals surface area contributed by atoms with E-state index < -0.39 is 39.3 Å². The van der Waals surface area contributed by atoms with Crippen LogP contribution in [0.2, 0.25) is 0 Å². The second kappa shape index (κ2) is 13.1. The normalized spacial score (nSPS) is 16.7. The number of pyridine rings is 1. The molecule has 14 heteroatoms. The van der Waals surface area contributed by atoms with Crippen LogP contribution in [0.4, 0.5) is 24.8 Å². The van der Waals surface area contributed by atoms with Crippen LogP contribution in [0.15, 0.2) is 79.1 Å². The molecule has 1 fully saturated rings. The molecular formula is C32H28ClF3N6O3S. The van der Waals surface area contributed by atoms with Crippen LogP contribution in [0.1, 0.15) is 17.5 Å². The van der Waals surface area contributed by atoms with Crippen molar-refractivity contribution in [2.45, 2.75) is 31.3 Å². The largest absolute Gasteiger partial charge is 0.437 e. The Morgan fingerprint density at radius 3 is 2.59 bits per heavy atom. The lowest BCUT2D eigenvalue weighted by Gasteiger charge is -2.26. The molecule has 238 valence electrons. The smallest absolute Gasteiger partial charge is 0.253 e. The van der Waals surface area contributed by atoms with Crippen LogP contribution in [0.5, 0.6) is 11.6 Å². The third-order valence-electron chi connectivity index (χ3n) is 7.52. The third kappa shape index (κ3) is 6.57. The fourth-order valence-electron chi connectivity index (χ4n) is 5.29. The van der Waals surface area contributed by atoms with Crippen LogP contribution in [0.3, 0.4) is 0 Å². The molecule has 0 unspecified atom stereocenters. The average molecular weight is 669 g/mol. The number of nitrogens with one attached hydrogen (secondary N) is 2. The lowest BCUT2D eigenvalue weighted by Crippen LogP contribution is -2.44. The maximum absolute atomic E-state index is 15.3. The standard InChI is InChI=1S/C32H28ClF3N6O3S/c1-19-8-9-23-24(10-11-27(36)29(23)42(33)46(43,44)18-20-5-2-3-7-26(20)35)30(19)45-31-25(6-4-13-38-31)28-12-14-39-32(41-28)40-22-15-21(34)16-37-17-22/h2-14,21-22,37H,15-18H2,1H3,(H,39,40,41)/t21-,22-/m1/s1. The molecule has 1 aliphatic rings. The molecule has 1 aliphatic heterocycles. The van der Waals surface area contributed by atoms with Gasteiger partial charge in [-0.2, -0.15) is 3.82 Å². The molecule has 0 aliphatic carbocycles. The summed E-state index contributed by atoms with van der Waals surface area (Å²) in [5, 5.41) is 6.71. The van der Waals surface area contributed by atoms with Crippen LogP contribution in [0, 0.1) is 18.6 Å². The van der Waals surface area contributed by atoms with Crippen molar-refractivity contribution in [2.75, 3.05) is 22.2 Å². The van der Waals surface area contributed by atoms with E-state index in [-0.39, 0.29) is 28.6 Å². The molecule has 6 rings (SSSR count). The number of halogens is 4. The molecule has 3 aromatic carbocycles. The molecule has 46 heavy (non-hydrogen) atoms. The van der Waals surface area contributed by atoms with Crippen molar-refractivity contribution >= 4 is 44.2 Å². The average Bonchev–Trinajstić information content (AvgIpc) is 3.03. The molecule has 2 N–H and O–H groups in total. The number of sulfonamides is 1. The zero-order chi connectivity index (χ0) is 32.4. The van der Waals surface area contributed by atoms with Crippen molar-refractivity contribution < 1.29 is 26.3 Å². The molecular weight excluding hydrogens is 641 g/mol. The van der Waals surface area contributed by atoms with Crippen molar-refractivity contribution in [1.29, 1.82) is 0 Å². The van der Waals surface area contributed by atoms with E-state index in [9.17, 15) is 17.2 Å². The quantitative estimate of drug-likeness (QED) is 0.168. The second-order valence-corrected chi connectivity index (χ2v) is 13.2. The highest BCUT2D eigenvalue weighted by Gasteiger charge is 2.28. The molecule has 3 heterocycles. The molecule has 2 aromatic heterocycles. The first-order valence-electron chi connectivity index (χ1n) is 14.3. The molecule has 0 radical (unpaired) electrons. The highest BCUT2D eigenvalue weighted by Crippen LogP contribution is 2.42. The van der Waals surface area contributed by atoms with Crippen molar-refractivity contribution in [2.24, 2.45) is 0 Å². The maximum Gasteiger partial charge on any atom is 0.253 e. The van der Waals surface area contributed by atoms with Gasteiger partial charge in [0.2, 0.25) is 11.8 Å². The van der Waals surface area contributed by atoms with Gasteiger partial charge in [-0.15, -0.1) is 0 Å². The monoisotopic (exact) mass is 668 g/mol. The molecule has 5 aromatic rings. The van der Waals surface area contributed by atoms with Gasteiger partial charge in [-0.3, -0.25) is 0 Å². The summed E-state index contributed by atoms with van der Waals surface area (Å²) in [6.45, 7) is 2.66. The molecule has 2 atom stereocenters. The number of alkyl halides is 1. The number of piperidine rings is 1. The molecule has 1 saturated heterocycles. The molecule has 0 saturated carbocycles. The predicted molar refractivity (Wildman–Crippen MR) is 171 cm³/mol. The Balaban J connectivity index is 1.35. The first-order chi connectivity index (χ1) is 22.1. The number of ether oxygens (including phenoxy) is 1. The first-order valence-corrected chi connectivity index (χ1v) is 16.3. The Morgan fingerprint density at radius 2 is 1.78 bits per heavy atom. The number of benzene rings is 3. The first kappa shape index (κ1) is 31.5. The van der Waals surface area contributed by atoms with Gasteiger partial charge in [0.25, 0.3) is 10.0 Å². The molecule has 0 bridgehead atoms. The number of aromatic nitrogens is 3. The van der Waals surface area contributed by atoms with E-state index in [1.54, 1.807) is 37.4 Å². The fraction of sp³-hybridized carbons (Fsp3) is 0.219. The number of nitrogens with zero attached hydrogens (tertiary/aromatic N) is 4. The molecule has 0 spiro atoms. The van der Waals surface area contributed by atoms with E-state index in [1.165, 1.54) is 36.5 Å². The summed E-state index contributed by atoms with van der Waals surface area (Å²) in [7, 11) is -4.42. The number of hydrogen-bond acceptors (Lipinski definition) is 8. The van der Waals surface area contributed by atoms with Gasteiger partial charge in [0.15, 0.2) is 0 Å². The Hall–Kier alpha value is -4.46. The zero-order valence-electron chi connectivity index (χ0n) is 24.4. The highest BCUT2D eigenvalue weighted by molar-refractivity contribution is 7.93. The number of hydrogen-bond donors (Lipinski definition) is 2. The number of anilines is 2. The topological polar surface area (TPSA) is 109 Å². The minimum Gasteiger partial charge on any atom is -0.437 e. The summed E-state index contributed by atoms with van der Waals surface area (Å²) in [4.78, 5) is 13.3. The Labute approximate surface area is 268 Å². The van der Waals surface area contributed by atoms with Crippen LogP contribution in [0.25, 0.3) is 22.0 Å². The number of aryl methyl sites for hydroxylation is 1. The van der Waals surface area contributed by atoms with E-state index in [2.05, 4.69) is 25.6 Å². The van der Waals surface area contributed by atoms with Gasteiger partial charge >= 0.3 is 0 Å². The summed E-state index contributed by atoms with van der Waals surface area (Å²) in [6, 6.07) is 16.1. The van der Waals surface area contributed by atoms with E-state index in [0.29, 0.717) is 51.5 Å². The molecule has 0 amide bonds. The van der Waals surface area contributed by atoms with Crippen molar-refractivity contribution in [3.05, 3.63) is 102 Å². The van der Waals surface area contributed by atoms with E-state index in [4.69, 9.17) is 16.5 Å². The summed E-state index contributed by atoms with van der Waals surface area (Å²) in [6.07, 6.45) is 2.47. The Kier molecular flexibility index (Phi) is 8.98. The zero-order valence-corrected chi connectivity index (χ0v) is 26.0. The lowest BCUT2D eigenvalue weighted by atomic mass is 10.0. The van der Waals surface area contributed by atoms with Crippen molar-refractivity contribution in [3.8, 4) is 22.9 Å². The minimum atomic E-state index is -4.42. The fourth-order valence-corrected chi connectivity index (χ4v) is 6.81. The lowest BCUT2D eigenvalue weighted by molar-refractivity contribution is 0.254. The van der Waals surface area contributed by atoms with Gasteiger partial charge in [-0.1, -0.05) is 30.3 Å². The summed E-state index contributed by atoms with van der Waals surface area (Å²) < 4.78 is 76.6. The van der Waals surface area contributed by atoms with Gasteiger partial charge in [0.1, 0.15) is 29.2 Å². The van der Waals surface area contributed by atoms with Crippen LogP contribution in [-0.4, -0.2) is 48.7 Å². The van der Waals surface area contributed by atoms with Crippen LogP contribution in [-0.2, 0) is 15.8 Å². The maximum atomic E-state index is 15.3. The van der Waals surface area contributed by atoms with Gasteiger partial charge in [0.05, 0.1) is 17.0 Å². The van der Waals surface area contributed by atoms with Gasteiger partial charge in [0, 0.05) is 66.1 Å². The predicted octanol–water partition coefficient (Wildman–Crippen LogP) is 6.67. The highest BCUT2D eigenvalue weighted by atomic mass is 35.5. The number of rotatable bonds is 9. The summed E-state index contributed by atoms with van der Waals surface area (Å²) >= 11 is 6.32. The van der Waals surface area contributed by atoms with E-state index >= 15 is 4.39 Å².